The molecule has 1 aliphatic heterocycles. The number of piperidine rings is 1. The second kappa shape index (κ2) is 9.05. The number of aromatic amines is 2. The fourth-order valence-electron chi connectivity index (χ4n) is 4.63. The molecule has 6 rings (SSSR count). The van der Waals surface area contributed by atoms with E-state index in [1.807, 2.05) is 37.3 Å². The smallest absolute Gasteiger partial charge is 0.325 e. The average molecular weight is 494 g/mol. The third kappa shape index (κ3) is 4.66. The molecule has 35 heavy (non-hydrogen) atoms. The van der Waals surface area contributed by atoms with Crippen LogP contribution in [0.15, 0.2) is 30.3 Å². The van der Waals surface area contributed by atoms with Crippen LogP contribution >= 0.6 is 11.6 Å². The van der Waals surface area contributed by atoms with E-state index in [2.05, 4.69) is 30.4 Å². The predicted molar refractivity (Wildman–Crippen MR) is 136 cm³/mol. The van der Waals surface area contributed by atoms with Crippen molar-refractivity contribution in [3.8, 4) is 11.8 Å². The minimum Gasteiger partial charge on any atom is -0.423 e. The highest BCUT2D eigenvalue weighted by molar-refractivity contribution is 6.37. The van der Waals surface area contributed by atoms with Crippen molar-refractivity contribution in [2.75, 3.05) is 29.9 Å². The van der Waals surface area contributed by atoms with Crippen LogP contribution < -0.4 is 15.0 Å². The number of aliphatic hydroxyl groups excluding tert-OH is 1. The molecule has 0 unspecified atom stereocenters. The normalized spacial score (nSPS) is 16.7. The molecule has 0 spiro atoms. The predicted octanol–water partition coefficient (Wildman–Crippen LogP) is 5.26. The van der Waals surface area contributed by atoms with Crippen molar-refractivity contribution in [3.05, 3.63) is 46.7 Å². The zero-order valence-electron chi connectivity index (χ0n) is 19.5. The molecule has 1 saturated heterocycles. The van der Waals surface area contributed by atoms with Gasteiger partial charge in [0.05, 0.1) is 5.02 Å². The Morgan fingerprint density at radius 2 is 1.94 bits per heavy atom. The Kier molecular flexibility index (Phi) is 5.74. The van der Waals surface area contributed by atoms with E-state index < -0.39 is 0 Å². The number of aryl methyl sites for hydroxylation is 1. The Labute approximate surface area is 207 Å². The maximum absolute atomic E-state index is 9.51. The minimum atomic E-state index is 0.209. The number of aromatic nitrogens is 5. The standard InChI is InChI=1S/C25H28ClN7O2/c1-14-10-17-18(27-14)4-5-20(24(17)26)35-25-29-21(28-22-11-19(31-32-22)16-2-3-16)12-23(30-25)33-8-6-15(13-34)7-9-33/h4-5,10-12,15-16,27,34H,2-3,6-9,13H2,1H3,(H2,28,29,30,31,32). The topological polar surface area (TPSA) is 115 Å². The monoisotopic (exact) mass is 493 g/mol. The highest BCUT2D eigenvalue weighted by Gasteiger charge is 2.26. The first-order valence-electron chi connectivity index (χ1n) is 12.1. The SMILES string of the molecule is Cc1cc2c(Cl)c(Oc3nc(Nc4cc(C5CC5)[nH]n4)cc(N4CCC(CO)CC4)n3)ccc2[nH]1. The van der Waals surface area contributed by atoms with E-state index in [-0.39, 0.29) is 12.6 Å². The van der Waals surface area contributed by atoms with Crippen LogP contribution in [-0.2, 0) is 0 Å². The first-order chi connectivity index (χ1) is 17.1. The van der Waals surface area contributed by atoms with Crippen LogP contribution in [0, 0.1) is 12.8 Å². The number of anilines is 3. The van der Waals surface area contributed by atoms with E-state index in [4.69, 9.17) is 21.3 Å². The Balaban J connectivity index is 1.31. The number of rotatable bonds is 7. The van der Waals surface area contributed by atoms with Gasteiger partial charge < -0.3 is 25.0 Å². The summed E-state index contributed by atoms with van der Waals surface area (Å²) in [4.78, 5) is 14.8. The molecule has 1 aromatic carbocycles. The van der Waals surface area contributed by atoms with Crippen LogP contribution in [0.2, 0.25) is 5.02 Å². The van der Waals surface area contributed by atoms with Crippen molar-refractivity contribution in [2.45, 2.75) is 38.5 Å². The summed E-state index contributed by atoms with van der Waals surface area (Å²) in [5, 5.41) is 21.7. The first kappa shape index (κ1) is 22.2. The third-order valence-electron chi connectivity index (χ3n) is 6.80. The lowest BCUT2D eigenvalue weighted by Crippen LogP contribution is -2.35. The third-order valence-corrected chi connectivity index (χ3v) is 7.19. The van der Waals surface area contributed by atoms with Crippen molar-refractivity contribution in [1.29, 1.82) is 0 Å². The van der Waals surface area contributed by atoms with Crippen molar-refractivity contribution >= 4 is 40.0 Å². The van der Waals surface area contributed by atoms with Crippen LogP contribution in [-0.4, -0.2) is 50.0 Å². The van der Waals surface area contributed by atoms with E-state index >= 15 is 0 Å². The molecule has 182 valence electrons. The second-order valence-electron chi connectivity index (χ2n) is 9.51. The Morgan fingerprint density at radius 3 is 2.71 bits per heavy atom. The van der Waals surface area contributed by atoms with Crippen molar-refractivity contribution in [3.63, 3.8) is 0 Å². The zero-order chi connectivity index (χ0) is 23.9. The maximum atomic E-state index is 9.51. The van der Waals surface area contributed by atoms with Gasteiger partial charge in [-0.2, -0.15) is 15.1 Å². The molecule has 3 aromatic heterocycles. The summed E-state index contributed by atoms with van der Waals surface area (Å²) < 4.78 is 6.13. The number of hydrogen-bond donors (Lipinski definition) is 4. The van der Waals surface area contributed by atoms with Gasteiger partial charge in [0, 0.05) is 60.0 Å². The number of fused-ring (bicyclic) bond motifs is 1. The quantitative estimate of drug-likeness (QED) is 0.277. The molecular weight excluding hydrogens is 466 g/mol. The van der Waals surface area contributed by atoms with Crippen molar-refractivity contribution in [2.24, 2.45) is 5.92 Å². The highest BCUT2D eigenvalue weighted by Crippen LogP contribution is 2.40. The molecule has 9 nitrogen and oxygen atoms in total. The van der Waals surface area contributed by atoms with Gasteiger partial charge in [0.15, 0.2) is 5.82 Å². The summed E-state index contributed by atoms with van der Waals surface area (Å²) in [6.07, 6.45) is 4.23. The van der Waals surface area contributed by atoms with Crippen molar-refractivity contribution < 1.29 is 9.84 Å². The molecule has 1 aliphatic carbocycles. The number of aliphatic hydroxyl groups is 1. The maximum Gasteiger partial charge on any atom is 0.325 e. The van der Waals surface area contributed by atoms with Gasteiger partial charge in [-0.15, -0.1) is 0 Å². The lowest BCUT2D eigenvalue weighted by molar-refractivity contribution is 0.202. The van der Waals surface area contributed by atoms with E-state index in [1.54, 1.807) is 0 Å². The Hall–Kier alpha value is -3.30. The molecule has 0 bridgehead atoms. The fraction of sp³-hybridized carbons (Fsp3) is 0.400. The number of nitrogens with zero attached hydrogens (tertiary/aromatic N) is 4. The number of ether oxygens (including phenoxy) is 1. The van der Waals surface area contributed by atoms with Crippen LogP contribution in [0.25, 0.3) is 10.9 Å². The van der Waals surface area contributed by atoms with Gasteiger partial charge >= 0.3 is 6.01 Å². The largest absolute Gasteiger partial charge is 0.423 e. The van der Waals surface area contributed by atoms with Crippen molar-refractivity contribution in [1.82, 2.24) is 25.1 Å². The van der Waals surface area contributed by atoms with Gasteiger partial charge in [0.25, 0.3) is 0 Å². The summed E-state index contributed by atoms with van der Waals surface area (Å²) in [5.74, 6) is 3.49. The lowest BCUT2D eigenvalue weighted by atomic mass is 9.98. The van der Waals surface area contributed by atoms with Crippen LogP contribution in [0.5, 0.6) is 11.8 Å². The van der Waals surface area contributed by atoms with Crippen LogP contribution in [0.4, 0.5) is 17.5 Å². The minimum absolute atomic E-state index is 0.209. The van der Waals surface area contributed by atoms with Crippen LogP contribution in [0.1, 0.15) is 43.0 Å². The van der Waals surface area contributed by atoms with Gasteiger partial charge in [-0.1, -0.05) is 11.6 Å². The molecule has 0 atom stereocenters. The number of halogens is 1. The lowest BCUT2D eigenvalue weighted by Gasteiger charge is -2.32. The molecule has 2 aliphatic rings. The van der Waals surface area contributed by atoms with Gasteiger partial charge in [-0.3, -0.25) is 5.10 Å². The molecule has 4 heterocycles. The van der Waals surface area contributed by atoms with E-state index in [1.165, 1.54) is 12.8 Å². The van der Waals surface area contributed by atoms with Gasteiger partial charge in [-0.25, -0.2) is 0 Å². The zero-order valence-corrected chi connectivity index (χ0v) is 20.3. The molecule has 4 aromatic rings. The number of hydrogen-bond acceptors (Lipinski definition) is 7. The second-order valence-corrected chi connectivity index (χ2v) is 9.89. The Bertz CT molecular complexity index is 1360. The first-order valence-corrected chi connectivity index (χ1v) is 12.5. The molecule has 0 amide bonds. The molecule has 10 heteroatoms. The number of H-pyrrole nitrogens is 2. The van der Waals surface area contributed by atoms with E-state index in [0.717, 1.165) is 54.0 Å². The van der Waals surface area contributed by atoms with Gasteiger partial charge in [0.1, 0.15) is 17.4 Å². The van der Waals surface area contributed by atoms with Gasteiger partial charge in [0.2, 0.25) is 0 Å². The number of nitrogens with one attached hydrogen (secondary N) is 3. The summed E-state index contributed by atoms with van der Waals surface area (Å²) in [5.41, 5.74) is 3.12. The van der Waals surface area contributed by atoms with Crippen LogP contribution in [0.3, 0.4) is 0 Å². The summed E-state index contributed by atoms with van der Waals surface area (Å²) in [6.45, 7) is 3.83. The fourth-order valence-corrected chi connectivity index (χ4v) is 4.89. The highest BCUT2D eigenvalue weighted by atomic mass is 35.5. The molecule has 4 N–H and O–H groups in total. The molecule has 1 saturated carbocycles. The molecule has 0 radical (unpaired) electrons. The summed E-state index contributed by atoms with van der Waals surface area (Å²) in [6, 6.07) is 9.92. The molecular formula is C25H28ClN7O2. The van der Waals surface area contributed by atoms with E-state index in [0.29, 0.717) is 34.2 Å². The summed E-state index contributed by atoms with van der Waals surface area (Å²) in [7, 11) is 0. The van der Waals surface area contributed by atoms with Gasteiger partial charge in [-0.05, 0) is 56.7 Å². The Morgan fingerprint density at radius 1 is 1.11 bits per heavy atom. The van der Waals surface area contributed by atoms with E-state index in [9.17, 15) is 5.11 Å². The number of benzene rings is 1. The average Bonchev–Trinajstić information content (AvgIpc) is 3.49. The summed E-state index contributed by atoms with van der Waals surface area (Å²) >= 11 is 6.67. The molecule has 2 fully saturated rings.